The lowest BCUT2D eigenvalue weighted by molar-refractivity contribution is -0.384. The smallest absolute Gasteiger partial charge is 0.338 e. The maximum absolute atomic E-state index is 12.5. The Hall–Kier alpha value is -3.62. The lowest BCUT2D eigenvalue weighted by Gasteiger charge is -2.32. The molecule has 2 aromatic carbocycles. The number of fused-ring (bicyclic) bond motifs is 1. The van der Waals surface area contributed by atoms with Crippen LogP contribution in [0.15, 0.2) is 47.3 Å². The van der Waals surface area contributed by atoms with Crippen molar-refractivity contribution >= 4 is 28.4 Å². The summed E-state index contributed by atoms with van der Waals surface area (Å²) in [6.07, 6.45) is 2.54. The van der Waals surface area contributed by atoms with E-state index in [0.29, 0.717) is 24.6 Å². The molecular formula is C23H26N4O5. The largest absolute Gasteiger partial charge is 0.462 e. The summed E-state index contributed by atoms with van der Waals surface area (Å²) in [5.74, 6) is -0.143. The van der Waals surface area contributed by atoms with E-state index < -0.39 is 10.9 Å². The van der Waals surface area contributed by atoms with Gasteiger partial charge in [-0.25, -0.2) is 9.59 Å². The number of nitrogens with one attached hydrogen (secondary N) is 1. The Morgan fingerprint density at radius 1 is 1.28 bits per heavy atom. The van der Waals surface area contributed by atoms with Crippen LogP contribution in [0.5, 0.6) is 0 Å². The first-order chi connectivity index (χ1) is 15.4. The van der Waals surface area contributed by atoms with Crippen molar-refractivity contribution in [2.75, 3.05) is 24.6 Å². The Kier molecular flexibility index (Phi) is 6.25. The van der Waals surface area contributed by atoms with Gasteiger partial charge in [-0.2, -0.15) is 0 Å². The number of piperidine rings is 1. The minimum atomic E-state index is -0.613. The molecule has 1 aliphatic rings. The fourth-order valence-corrected chi connectivity index (χ4v) is 4.27. The number of anilines is 1. The van der Waals surface area contributed by atoms with Crippen LogP contribution in [-0.4, -0.2) is 40.1 Å². The molecule has 3 aromatic rings. The molecule has 9 heteroatoms. The molecule has 1 aromatic heterocycles. The third-order valence-electron chi connectivity index (χ3n) is 5.85. The highest BCUT2D eigenvalue weighted by atomic mass is 16.6. The number of hydrogen-bond donors (Lipinski definition) is 1. The normalized spacial score (nSPS) is 16.3. The lowest BCUT2D eigenvalue weighted by Crippen LogP contribution is -2.34. The van der Waals surface area contributed by atoms with Gasteiger partial charge in [0.1, 0.15) is 5.69 Å². The average Bonchev–Trinajstić information content (AvgIpc) is 3.11. The zero-order valence-electron chi connectivity index (χ0n) is 18.0. The summed E-state index contributed by atoms with van der Waals surface area (Å²) in [6, 6.07) is 11.9. The fourth-order valence-electron chi connectivity index (χ4n) is 4.27. The third-order valence-corrected chi connectivity index (χ3v) is 5.85. The highest BCUT2D eigenvalue weighted by Gasteiger charge is 2.25. The van der Waals surface area contributed by atoms with E-state index in [2.05, 4.69) is 11.9 Å². The van der Waals surface area contributed by atoms with Gasteiger partial charge in [-0.15, -0.1) is 0 Å². The molecule has 2 heterocycles. The van der Waals surface area contributed by atoms with Crippen LogP contribution in [0.3, 0.4) is 0 Å². The van der Waals surface area contributed by atoms with Crippen LogP contribution in [0.4, 0.5) is 11.4 Å². The van der Waals surface area contributed by atoms with E-state index in [-0.39, 0.29) is 23.5 Å². The molecule has 0 bridgehead atoms. The Bertz CT molecular complexity index is 1200. The molecule has 0 aliphatic carbocycles. The number of para-hydroxylation sites is 2. The molecule has 4 rings (SSSR count). The second kappa shape index (κ2) is 9.25. The maximum Gasteiger partial charge on any atom is 0.338 e. The Labute approximate surface area is 184 Å². The van der Waals surface area contributed by atoms with Gasteiger partial charge in [0.05, 0.1) is 28.1 Å². The second-order valence-corrected chi connectivity index (χ2v) is 8.24. The lowest BCUT2D eigenvalue weighted by atomic mass is 9.99. The Morgan fingerprint density at radius 2 is 2.09 bits per heavy atom. The van der Waals surface area contributed by atoms with Crippen molar-refractivity contribution in [3.63, 3.8) is 0 Å². The van der Waals surface area contributed by atoms with Crippen molar-refractivity contribution in [3.8, 4) is 0 Å². The first-order valence-electron chi connectivity index (χ1n) is 10.8. The van der Waals surface area contributed by atoms with Gasteiger partial charge in [0.25, 0.3) is 5.69 Å². The number of aryl methyl sites for hydroxylation is 1. The quantitative estimate of drug-likeness (QED) is 0.261. The topological polar surface area (TPSA) is 110 Å². The van der Waals surface area contributed by atoms with Gasteiger partial charge in [-0.3, -0.25) is 14.7 Å². The van der Waals surface area contributed by atoms with E-state index in [0.717, 1.165) is 37.0 Å². The van der Waals surface area contributed by atoms with E-state index in [1.165, 1.54) is 6.07 Å². The summed E-state index contributed by atoms with van der Waals surface area (Å²) in [6.45, 7) is 4.15. The molecule has 168 valence electrons. The number of nitro benzene ring substituents is 1. The van der Waals surface area contributed by atoms with E-state index >= 15 is 0 Å². The number of nitro groups is 1. The molecule has 9 nitrogen and oxygen atoms in total. The first kappa shape index (κ1) is 21.6. The zero-order chi connectivity index (χ0) is 22.7. The molecule has 1 atom stereocenters. The summed E-state index contributed by atoms with van der Waals surface area (Å²) in [5.41, 5.74) is 1.94. The fraction of sp³-hybridized carbons (Fsp3) is 0.391. The van der Waals surface area contributed by atoms with Crippen molar-refractivity contribution in [3.05, 3.63) is 68.6 Å². The third kappa shape index (κ3) is 4.51. The Balaban J connectivity index is 1.39. The van der Waals surface area contributed by atoms with Gasteiger partial charge in [0.15, 0.2) is 0 Å². The number of carbonyl (C=O) groups excluding carboxylic acids is 1. The molecule has 1 fully saturated rings. The number of esters is 1. The molecule has 0 spiro atoms. The summed E-state index contributed by atoms with van der Waals surface area (Å²) >= 11 is 0. The van der Waals surface area contributed by atoms with E-state index in [9.17, 15) is 19.7 Å². The first-order valence-corrected chi connectivity index (χ1v) is 10.8. The molecule has 1 aliphatic heterocycles. The van der Waals surface area contributed by atoms with Crippen molar-refractivity contribution in [2.24, 2.45) is 5.92 Å². The van der Waals surface area contributed by atoms with Crippen LogP contribution >= 0.6 is 0 Å². The van der Waals surface area contributed by atoms with Gasteiger partial charge in [-0.1, -0.05) is 19.1 Å². The van der Waals surface area contributed by atoms with Crippen LogP contribution in [0.25, 0.3) is 11.0 Å². The SMILES string of the molecule is C[C@H]1CCCN(c2ccc(C(=O)OCCCn3c(=O)[nH]c4ccccc43)cc2[N+](=O)[O-])C1. The number of hydrogen-bond acceptors (Lipinski definition) is 6. The van der Waals surface area contributed by atoms with Crippen LogP contribution in [0.1, 0.15) is 36.5 Å². The maximum atomic E-state index is 12.5. The monoisotopic (exact) mass is 438 g/mol. The molecule has 0 unspecified atom stereocenters. The number of imidazole rings is 1. The molecule has 32 heavy (non-hydrogen) atoms. The van der Waals surface area contributed by atoms with Crippen LogP contribution in [0.2, 0.25) is 0 Å². The number of H-pyrrole nitrogens is 1. The summed E-state index contributed by atoms with van der Waals surface area (Å²) < 4.78 is 6.91. The molecule has 0 amide bonds. The molecule has 1 N–H and O–H groups in total. The van der Waals surface area contributed by atoms with Crippen LogP contribution in [-0.2, 0) is 11.3 Å². The van der Waals surface area contributed by atoms with Crippen molar-refractivity contribution < 1.29 is 14.5 Å². The molecule has 0 saturated carbocycles. The Morgan fingerprint density at radius 3 is 2.88 bits per heavy atom. The van der Waals surface area contributed by atoms with E-state index in [1.54, 1.807) is 16.7 Å². The molecule has 1 saturated heterocycles. The van der Waals surface area contributed by atoms with Gasteiger partial charge in [0.2, 0.25) is 0 Å². The van der Waals surface area contributed by atoms with Crippen LogP contribution < -0.4 is 10.6 Å². The van der Waals surface area contributed by atoms with Crippen molar-refractivity contribution in [2.45, 2.75) is 32.7 Å². The predicted molar refractivity (Wildman–Crippen MR) is 121 cm³/mol. The second-order valence-electron chi connectivity index (χ2n) is 8.24. The predicted octanol–water partition coefficient (Wildman–Crippen LogP) is 3.72. The number of aromatic nitrogens is 2. The summed E-state index contributed by atoms with van der Waals surface area (Å²) in [7, 11) is 0. The van der Waals surface area contributed by atoms with Crippen molar-refractivity contribution in [1.82, 2.24) is 9.55 Å². The van der Waals surface area contributed by atoms with Gasteiger partial charge in [0, 0.05) is 25.7 Å². The number of rotatable bonds is 7. The number of ether oxygens (including phenoxy) is 1. The van der Waals surface area contributed by atoms with Gasteiger partial charge < -0.3 is 14.6 Å². The van der Waals surface area contributed by atoms with Crippen molar-refractivity contribution in [1.29, 1.82) is 0 Å². The molecular weight excluding hydrogens is 412 g/mol. The highest BCUT2D eigenvalue weighted by Crippen LogP contribution is 2.32. The van der Waals surface area contributed by atoms with Gasteiger partial charge >= 0.3 is 11.7 Å². The summed E-state index contributed by atoms with van der Waals surface area (Å²) in [5, 5.41) is 11.6. The van der Waals surface area contributed by atoms with E-state index in [1.807, 2.05) is 29.2 Å². The highest BCUT2D eigenvalue weighted by molar-refractivity contribution is 5.91. The molecule has 0 radical (unpaired) electrons. The number of carbonyl (C=O) groups is 1. The summed E-state index contributed by atoms with van der Waals surface area (Å²) in [4.78, 5) is 40.6. The minimum absolute atomic E-state index is 0.0844. The zero-order valence-corrected chi connectivity index (χ0v) is 18.0. The number of nitrogens with zero attached hydrogens (tertiary/aromatic N) is 3. The average molecular weight is 438 g/mol. The number of aromatic amines is 1. The van der Waals surface area contributed by atoms with Gasteiger partial charge in [-0.05, 0) is 49.4 Å². The standard InChI is InChI=1S/C23H26N4O5/c1-16-6-4-11-25(15-16)20-10-9-17(14-21(20)27(30)31)22(28)32-13-5-12-26-19-8-3-2-7-18(19)24-23(26)29/h2-3,7-10,14,16H,4-6,11-13,15H2,1H3,(H,24,29)/t16-/m0/s1. The number of benzene rings is 2. The van der Waals surface area contributed by atoms with Crippen LogP contribution in [0, 0.1) is 16.0 Å². The van der Waals surface area contributed by atoms with E-state index in [4.69, 9.17) is 4.74 Å². The minimum Gasteiger partial charge on any atom is -0.462 e.